The summed E-state index contributed by atoms with van der Waals surface area (Å²) in [5.41, 5.74) is 0.717. The Bertz CT molecular complexity index is 459. The van der Waals surface area contributed by atoms with Gasteiger partial charge in [-0.2, -0.15) is 0 Å². The Morgan fingerprint density at radius 2 is 1.89 bits per heavy atom. The van der Waals surface area contributed by atoms with E-state index in [1.807, 2.05) is 0 Å². The third kappa shape index (κ3) is 2.54. The van der Waals surface area contributed by atoms with Crippen LogP contribution in [-0.4, -0.2) is 49.9 Å². The number of rotatable bonds is 2. The van der Waals surface area contributed by atoms with Gasteiger partial charge in [0.15, 0.2) is 0 Å². The van der Waals surface area contributed by atoms with E-state index in [-0.39, 0.29) is 18.0 Å². The molecule has 2 heterocycles. The number of carbonyl (C=O) groups excluding carboxylic acids is 1. The van der Waals surface area contributed by atoms with Gasteiger partial charge in [-0.1, -0.05) is 0 Å². The van der Waals surface area contributed by atoms with Crippen molar-refractivity contribution in [1.29, 1.82) is 0 Å². The molecule has 0 spiro atoms. The van der Waals surface area contributed by atoms with Gasteiger partial charge < -0.3 is 10.1 Å². The van der Waals surface area contributed by atoms with Crippen molar-refractivity contribution < 1.29 is 13.9 Å². The number of morpholine rings is 1. The fourth-order valence-electron chi connectivity index (χ4n) is 2.46. The number of ether oxygens (including phenoxy) is 1. The highest BCUT2D eigenvalue weighted by molar-refractivity contribution is 5.94. The van der Waals surface area contributed by atoms with Crippen LogP contribution < -0.4 is 10.2 Å². The summed E-state index contributed by atoms with van der Waals surface area (Å²) >= 11 is 0. The van der Waals surface area contributed by atoms with E-state index in [1.165, 1.54) is 12.1 Å². The number of amides is 2. The zero-order valence-electron chi connectivity index (χ0n) is 10.5. The van der Waals surface area contributed by atoms with Crippen LogP contribution in [0.3, 0.4) is 0 Å². The molecule has 3 rings (SSSR count). The highest BCUT2D eigenvalue weighted by atomic mass is 19.1. The van der Waals surface area contributed by atoms with Crippen molar-refractivity contribution in [3.05, 3.63) is 30.1 Å². The molecule has 2 aliphatic heterocycles. The zero-order valence-corrected chi connectivity index (χ0v) is 10.5. The first-order valence-corrected chi connectivity index (χ1v) is 6.39. The van der Waals surface area contributed by atoms with E-state index in [0.29, 0.717) is 19.8 Å². The minimum absolute atomic E-state index is 0.00135. The first-order valence-electron chi connectivity index (χ1n) is 6.39. The van der Waals surface area contributed by atoms with Gasteiger partial charge in [0.1, 0.15) is 12.0 Å². The zero-order chi connectivity index (χ0) is 13.2. The molecule has 1 aromatic carbocycles. The lowest BCUT2D eigenvalue weighted by atomic mass is 10.3. The monoisotopic (exact) mass is 265 g/mol. The number of nitrogens with one attached hydrogen (secondary N) is 1. The van der Waals surface area contributed by atoms with E-state index in [2.05, 4.69) is 10.2 Å². The highest BCUT2D eigenvalue weighted by Gasteiger charge is 2.34. The third-order valence-electron chi connectivity index (χ3n) is 3.52. The molecule has 19 heavy (non-hydrogen) atoms. The topological polar surface area (TPSA) is 44.8 Å². The molecule has 1 unspecified atom stereocenters. The van der Waals surface area contributed by atoms with Gasteiger partial charge in [0.05, 0.1) is 19.8 Å². The predicted octanol–water partition coefficient (Wildman–Crippen LogP) is 1.01. The van der Waals surface area contributed by atoms with Gasteiger partial charge in [-0.05, 0) is 24.3 Å². The molecule has 1 N–H and O–H groups in total. The summed E-state index contributed by atoms with van der Waals surface area (Å²) in [6.45, 7) is 3.61. The van der Waals surface area contributed by atoms with Crippen molar-refractivity contribution in [3.8, 4) is 0 Å². The number of nitrogens with zero attached hydrogens (tertiary/aromatic N) is 2. The normalized spacial score (nSPS) is 24.6. The second kappa shape index (κ2) is 5.14. The molecule has 2 amide bonds. The summed E-state index contributed by atoms with van der Waals surface area (Å²) in [6, 6.07) is 5.84. The van der Waals surface area contributed by atoms with Crippen molar-refractivity contribution in [1.82, 2.24) is 10.2 Å². The first-order chi connectivity index (χ1) is 9.24. The van der Waals surface area contributed by atoms with Gasteiger partial charge in [-0.15, -0.1) is 0 Å². The van der Waals surface area contributed by atoms with Crippen molar-refractivity contribution >= 4 is 11.7 Å². The van der Waals surface area contributed by atoms with Gasteiger partial charge in [0.25, 0.3) is 0 Å². The van der Waals surface area contributed by atoms with Crippen molar-refractivity contribution in [3.63, 3.8) is 0 Å². The molecule has 0 radical (unpaired) electrons. The molecule has 102 valence electrons. The molecular weight excluding hydrogens is 249 g/mol. The number of anilines is 1. The average molecular weight is 265 g/mol. The molecule has 0 bridgehead atoms. The second-order valence-electron chi connectivity index (χ2n) is 4.70. The fraction of sp³-hybridized carbons (Fsp3) is 0.462. The van der Waals surface area contributed by atoms with Crippen molar-refractivity contribution in [2.75, 3.05) is 37.7 Å². The quantitative estimate of drug-likeness (QED) is 0.868. The van der Waals surface area contributed by atoms with E-state index in [4.69, 9.17) is 4.74 Å². The van der Waals surface area contributed by atoms with Crippen LogP contribution in [0.5, 0.6) is 0 Å². The average Bonchev–Trinajstić information content (AvgIpc) is 2.83. The number of urea groups is 1. The van der Waals surface area contributed by atoms with E-state index in [0.717, 1.165) is 18.8 Å². The summed E-state index contributed by atoms with van der Waals surface area (Å²) in [6.07, 6.45) is 0.00135. The van der Waals surface area contributed by atoms with Crippen molar-refractivity contribution in [2.24, 2.45) is 0 Å². The molecule has 1 aromatic rings. The summed E-state index contributed by atoms with van der Waals surface area (Å²) in [7, 11) is 0. The Kier molecular flexibility index (Phi) is 3.35. The number of hydrogen-bond donors (Lipinski definition) is 1. The SMILES string of the molecule is O=C1NC(N2CCOCC2)CN1c1ccc(F)cc1. The molecule has 2 aliphatic rings. The Morgan fingerprint density at radius 1 is 1.21 bits per heavy atom. The molecule has 0 aliphatic carbocycles. The number of hydrogen-bond acceptors (Lipinski definition) is 3. The maximum atomic E-state index is 12.9. The maximum absolute atomic E-state index is 12.9. The third-order valence-corrected chi connectivity index (χ3v) is 3.52. The van der Waals surface area contributed by atoms with E-state index in [9.17, 15) is 9.18 Å². The summed E-state index contributed by atoms with van der Waals surface area (Å²) in [5.74, 6) is -0.298. The fourth-order valence-corrected chi connectivity index (χ4v) is 2.46. The van der Waals surface area contributed by atoms with Gasteiger partial charge >= 0.3 is 6.03 Å². The van der Waals surface area contributed by atoms with Gasteiger partial charge in [-0.3, -0.25) is 9.80 Å². The minimum Gasteiger partial charge on any atom is -0.379 e. The first kappa shape index (κ1) is 12.4. The van der Waals surface area contributed by atoms with Crippen LogP contribution in [0.2, 0.25) is 0 Å². The molecule has 2 saturated heterocycles. The number of halogens is 1. The Labute approximate surface area is 110 Å². The van der Waals surface area contributed by atoms with Crippen molar-refractivity contribution in [2.45, 2.75) is 6.17 Å². The smallest absolute Gasteiger partial charge is 0.323 e. The Hall–Kier alpha value is -1.66. The molecule has 0 saturated carbocycles. The van der Waals surface area contributed by atoms with Crippen LogP contribution in [0.1, 0.15) is 0 Å². The highest BCUT2D eigenvalue weighted by Crippen LogP contribution is 2.20. The molecule has 6 heteroatoms. The number of carbonyl (C=O) groups is 1. The van der Waals surface area contributed by atoms with Crippen LogP contribution in [-0.2, 0) is 4.74 Å². The summed E-state index contributed by atoms with van der Waals surface area (Å²) < 4.78 is 18.2. The molecule has 2 fully saturated rings. The summed E-state index contributed by atoms with van der Waals surface area (Å²) in [4.78, 5) is 15.8. The lowest BCUT2D eigenvalue weighted by Crippen LogP contribution is -2.49. The van der Waals surface area contributed by atoms with Crippen LogP contribution in [0.15, 0.2) is 24.3 Å². The second-order valence-corrected chi connectivity index (χ2v) is 4.70. The van der Waals surface area contributed by atoms with E-state index >= 15 is 0 Å². The Balaban J connectivity index is 1.70. The molecule has 5 nitrogen and oxygen atoms in total. The minimum atomic E-state index is -0.298. The van der Waals surface area contributed by atoms with E-state index < -0.39 is 0 Å². The van der Waals surface area contributed by atoms with Crippen LogP contribution in [0.4, 0.5) is 14.9 Å². The molecule has 1 atom stereocenters. The summed E-state index contributed by atoms with van der Waals surface area (Å²) in [5, 5.41) is 2.95. The predicted molar refractivity (Wildman–Crippen MR) is 68.5 cm³/mol. The van der Waals surface area contributed by atoms with Crippen LogP contribution in [0, 0.1) is 5.82 Å². The number of benzene rings is 1. The van der Waals surface area contributed by atoms with Crippen LogP contribution >= 0.6 is 0 Å². The Morgan fingerprint density at radius 3 is 2.58 bits per heavy atom. The van der Waals surface area contributed by atoms with Crippen LogP contribution in [0.25, 0.3) is 0 Å². The molecule has 0 aromatic heterocycles. The van der Waals surface area contributed by atoms with Gasteiger partial charge in [0, 0.05) is 18.8 Å². The van der Waals surface area contributed by atoms with Gasteiger partial charge in [0.2, 0.25) is 0 Å². The lowest BCUT2D eigenvalue weighted by Gasteiger charge is -2.31. The van der Waals surface area contributed by atoms with Gasteiger partial charge in [-0.25, -0.2) is 9.18 Å². The standard InChI is InChI=1S/C13H16FN3O2/c14-10-1-3-11(4-2-10)17-9-12(15-13(17)18)16-5-7-19-8-6-16/h1-4,12H,5-9H2,(H,15,18). The molecular formula is C13H16FN3O2. The van der Waals surface area contributed by atoms with E-state index in [1.54, 1.807) is 17.0 Å². The largest absolute Gasteiger partial charge is 0.379 e. The maximum Gasteiger partial charge on any atom is 0.323 e. The lowest BCUT2D eigenvalue weighted by molar-refractivity contribution is 0.0172.